The van der Waals surface area contributed by atoms with Gasteiger partial charge in [0.15, 0.2) is 5.58 Å². The fourth-order valence-electron chi connectivity index (χ4n) is 1.42. The Morgan fingerprint density at radius 3 is 2.71 bits per heavy atom. The Morgan fingerprint density at radius 1 is 1.35 bits per heavy atom. The van der Waals surface area contributed by atoms with E-state index < -0.39 is 5.41 Å². The molecule has 1 amide bonds. The number of carbonyl (C=O) groups excluding carboxylic acids is 1. The van der Waals surface area contributed by atoms with E-state index in [-0.39, 0.29) is 5.91 Å². The number of benzene rings is 1. The number of para-hydroxylation sites is 2. The summed E-state index contributed by atoms with van der Waals surface area (Å²) >= 11 is 0. The summed E-state index contributed by atoms with van der Waals surface area (Å²) in [5.41, 5.74) is 1.16. The van der Waals surface area contributed by atoms with Crippen LogP contribution in [0.25, 0.3) is 11.1 Å². The van der Waals surface area contributed by atoms with Gasteiger partial charge in [-0.3, -0.25) is 4.79 Å². The van der Waals surface area contributed by atoms with Crippen molar-refractivity contribution in [3.05, 3.63) is 30.2 Å². The fraction of sp³-hybridized carbons (Fsp3) is 0.385. The Balaban J connectivity index is 2.07. The molecule has 0 saturated heterocycles. The highest BCUT2D eigenvalue weighted by Gasteiger charge is 2.21. The molecule has 0 radical (unpaired) electrons. The summed E-state index contributed by atoms with van der Waals surface area (Å²) in [4.78, 5) is 16.0. The number of hydrogen-bond acceptors (Lipinski definition) is 3. The summed E-state index contributed by atoms with van der Waals surface area (Å²) < 4.78 is 5.51. The molecule has 0 atom stereocenters. The van der Waals surface area contributed by atoms with Crippen LogP contribution in [0, 0.1) is 5.41 Å². The molecule has 0 unspecified atom stereocenters. The summed E-state index contributed by atoms with van der Waals surface area (Å²) in [7, 11) is 0. The first kappa shape index (κ1) is 11.6. The zero-order valence-electron chi connectivity index (χ0n) is 10.3. The monoisotopic (exact) mass is 232 g/mol. The van der Waals surface area contributed by atoms with Crippen molar-refractivity contribution in [3.63, 3.8) is 0 Å². The quantitative estimate of drug-likeness (QED) is 0.865. The van der Waals surface area contributed by atoms with Crippen LogP contribution >= 0.6 is 0 Å². The molecule has 90 valence electrons. The van der Waals surface area contributed by atoms with Crippen LogP contribution in [0.15, 0.2) is 28.7 Å². The third-order valence-corrected chi connectivity index (χ3v) is 2.42. The lowest BCUT2D eigenvalue weighted by Gasteiger charge is -2.16. The zero-order valence-corrected chi connectivity index (χ0v) is 10.3. The van der Waals surface area contributed by atoms with Gasteiger partial charge in [0.05, 0.1) is 6.54 Å². The van der Waals surface area contributed by atoms with Gasteiger partial charge >= 0.3 is 0 Å². The second kappa shape index (κ2) is 4.20. The van der Waals surface area contributed by atoms with Gasteiger partial charge in [-0.25, -0.2) is 4.98 Å². The molecule has 0 fully saturated rings. The summed E-state index contributed by atoms with van der Waals surface area (Å²) in [5, 5.41) is 2.80. The number of nitrogens with zero attached hydrogens (tertiary/aromatic N) is 1. The maximum Gasteiger partial charge on any atom is 0.225 e. The van der Waals surface area contributed by atoms with E-state index in [0.717, 1.165) is 11.1 Å². The lowest BCUT2D eigenvalue weighted by molar-refractivity contribution is -0.128. The van der Waals surface area contributed by atoms with Crippen LogP contribution in [0.1, 0.15) is 26.7 Å². The second-order valence-corrected chi connectivity index (χ2v) is 5.01. The largest absolute Gasteiger partial charge is 0.439 e. The first-order valence-corrected chi connectivity index (χ1v) is 5.59. The third kappa shape index (κ3) is 2.64. The number of carbonyl (C=O) groups is 1. The normalized spacial score (nSPS) is 11.7. The van der Waals surface area contributed by atoms with Gasteiger partial charge in [-0.15, -0.1) is 0 Å². The number of rotatable bonds is 2. The van der Waals surface area contributed by atoms with Crippen molar-refractivity contribution in [3.8, 4) is 0 Å². The number of amides is 1. The maximum atomic E-state index is 11.7. The molecule has 0 aliphatic carbocycles. The zero-order chi connectivity index (χ0) is 12.5. The molecule has 4 heteroatoms. The van der Waals surface area contributed by atoms with Gasteiger partial charge in [0, 0.05) is 5.41 Å². The average molecular weight is 232 g/mol. The molecule has 2 rings (SSSR count). The second-order valence-electron chi connectivity index (χ2n) is 5.01. The topological polar surface area (TPSA) is 55.1 Å². The summed E-state index contributed by atoms with van der Waals surface area (Å²) in [5.74, 6) is 0.517. The Kier molecular flexibility index (Phi) is 2.88. The minimum atomic E-state index is -0.397. The van der Waals surface area contributed by atoms with Crippen molar-refractivity contribution in [2.75, 3.05) is 0 Å². The van der Waals surface area contributed by atoms with E-state index in [1.54, 1.807) is 0 Å². The molecular weight excluding hydrogens is 216 g/mol. The van der Waals surface area contributed by atoms with Crippen molar-refractivity contribution in [2.45, 2.75) is 27.3 Å². The van der Waals surface area contributed by atoms with Gasteiger partial charge in [0.1, 0.15) is 5.52 Å². The molecule has 2 aromatic rings. The fourth-order valence-corrected chi connectivity index (χ4v) is 1.42. The molecule has 0 bridgehead atoms. The smallest absolute Gasteiger partial charge is 0.225 e. The molecule has 1 N–H and O–H groups in total. The molecule has 0 aliphatic rings. The van der Waals surface area contributed by atoms with Gasteiger partial charge in [-0.05, 0) is 12.1 Å². The van der Waals surface area contributed by atoms with E-state index >= 15 is 0 Å². The Labute approximate surface area is 100 Å². The molecule has 1 heterocycles. The first-order valence-electron chi connectivity index (χ1n) is 5.59. The van der Waals surface area contributed by atoms with E-state index in [4.69, 9.17) is 4.42 Å². The molecule has 4 nitrogen and oxygen atoms in total. The third-order valence-electron chi connectivity index (χ3n) is 2.42. The van der Waals surface area contributed by atoms with Crippen LogP contribution in [0.2, 0.25) is 0 Å². The molecule has 0 saturated carbocycles. The van der Waals surface area contributed by atoms with Crippen molar-refractivity contribution in [2.24, 2.45) is 5.41 Å². The van der Waals surface area contributed by atoms with Gasteiger partial charge in [0.25, 0.3) is 0 Å². The summed E-state index contributed by atoms with van der Waals surface area (Å²) in [6.45, 7) is 5.93. The average Bonchev–Trinajstić information content (AvgIpc) is 2.66. The highest BCUT2D eigenvalue weighted by Crippen LogP contribution is 2.16. The van der Waals surface area contributed by atoms with Gasteiger partial charge < -0.3 is 9.73 Å². The maximum absolute atomic E-state index is 11.7. The number of fused-ring (bicyclic) bond motifs is 1. The molecule has 0 spiro atoms. The summed E-state index contributed by atoms with van der Waals surface area (Å²) in [6.07, 6.45) is 0. The van der Waals surface area contributed by atoms with Crippen molar-refractivity contribution in [1.29, 1.82) is 0 Å². The van der Waals surface area contributed by atoms with Crippen molar-refractivity contribution < 1.29 is 9.21 Å². The highest BCUT2D eigenvalue weighted by molar-refractivity contribution is 5.81. The highest BCUT2D eigenvalue weighted by atomic mass is 16.3. The van der Waals surface area contributed by atoms with Crippen LogP contribution in [0.5, 0.6) is 0 Å². The SMILES string of the molecule is CC(C)(C)C(=O)NCc1nc2ccccc2o1. The van der Waals surface area contributed by atoms with E-state index in [2.05, 4.69) is 10.3 Å². The van der Waals surface area contributed by atoms with Crippen molar-refractivity contribution in [1.82, 2.24) is 10.3 Å². The molecule has 17 heavy (non-hydrogen) atoms. The van der Waals surface area contributed by atoms with Crippen LogP contribution in [-0.4, -0.2) is 10.9 Å². The van der Waals surface area contributed by atoms with E-state index in [1.165, 1.54) is 0 Å². The van der Waals surface area contributed by atoms with E-state index in [9.17, 15) is 4.79 Å². The number of hydrogen-bond donors (Lipinski definition) is 1. The predicted octanol–water partition coefficient (Wildman–Crippen LogP) is 2.49. The van der Waals surface area contributed by atoms with Crippen LogP contribution in [0.4, 0.5) is 0 Å². The number of nitrogens with one attached hydrogen (secondary N) is 1. The molecule has 1 aromatic carbocycles. The Bertz CT molecular complexity index is 505. The van der Waals surface area contributed by atoms with Crippen LogP contribution in [-0.2, 0) is 11.3 Å². The van der Waals surface area contributed by atoms with Crippen LogP contribution < -0.4 is 5.32 Å². The summed E-state index contributed by atoms with van der Waals surface area (Å²) in [6, 6.07) is 7.54. The standard InChI is InChI=1S/C13H16N2O2/c1-13(2,3)12(16)14-8-11-15-9-6-4-5-7-10(9)17-11/h4-7H,8H2,1-3H3,(H,14,16). The van der Waals surface area contributed by atoms with E-state index in [1.807, 2.05) is 45.0 Å². The van der Waals surface area contributed by atoms with Gasteiger partial charge in [-0.1, -0.05) is 32.9 Å². The molecule has 1 aromatic heterocycles. The number of oxazole rings is 1. The van der Waals surface area contributed by atoms with Gasteiger partial charge in [0.2, 0.25) is 11.8 Å². The minimum absolute atomic E-state index is 0.0141. The molecular formula is C13H16N2O2. The Hall–Kier alpha value is -1.84. The van der Waals surface area contributed by atoms with Crippen molar-refractivity contribution >= 4 is 17.0 Å². The lowest BCUT2D eigenvalue weighted by atomic mass is 9.96. The minimum Gasteiger partial charge on any atom is -0.439 e. The first-order chi connectivity index (χ1) is 7.97. The molecule has 0 aliphatic heterocycles. The number of aromatic nitrogens is 1. The lowest BCUT2D eigenvalue weighted by Crippen LogP contribution is -2.34. The van der Waals surface area contributed by atoms with Gasteiger partial charge in [-0.2, -0.15) is 0 Å². The van der Waals surface area contributed by atoms with E-state index in [0.29, 0.717) is 12.4 Å². The predicted molar refractivity (Wildman–Crippen MR) is 65.3 cm³/mol. The van der Waals surface area contributed by atoms with Crippen LogP contribution in [0.3, 0.4) is 0 Å². The Morgan fingerprint density at radius 2 is 2.06 bits per heavy atom.